The zero-order valence-electron chi connectivity index (χ0n) is 16.2. The molecule has 0 aliphatic heterocycles. The smallest absolute Gasteiger partial charge is 0.255 e. The molecule has 0 aliphatic carbocycles. The highest BCUT2D eigenvalue weighted by atomic mass is 16.2. The average Bonchev–Trinajstić information content (AvgIpc) is 3.22. The lowest BCUT2D eigenvalue weighted by Gasteiger charge is -2.13. The van der Waals surface area contributed by atoms with Crippen LogP contribution in [0.2, 0.25) is 0 Å². The number of aromatic nitrogens is 2. The van der Waals surface area contributed by atoms with Crippen LogP contribution in [0.15, 0.2) is 67.0 Å². The molecule has 2 amide bonds. The molecule has 0 aliphatic rings. The lowest BCUT2D eigenvalue weighted by atomic mass is 10.0. The second-order valence-corrected chi connectivity index (χ2v) is 6.96. The van der Waals surface area contributed by atoms with Gasteiger partial charge < -0.3 is 10.6 Å². The van der Waals surface area contributed by atoms with Crippen molar-refractivity contribution in [1.82, 2.24) is 9.78 Å². The number of nitrogens with one attached hydrogen (secondary N) is 2. The lowest BCUT2D eigenvalue weighted by molar-refractivity contribution is -0.119. The molecule has 2 aromatic carbocycles. The molecule has 1 aromatic heterocycles. The highest BCUT2D eigenvalue weighted by Crippen LogP contribution is 2.19. The summed E-state index contributed by atoms with van der Waals surface area (Å²) in [4.78, 5) is 24.9. The molecule has 1 atom stereocenters. The van der Waals surface area contributed by atoms with Gasteiger partial charge in [0.05, 0.1) is 0 Å². The van der Waals surface area contributed by atoms with Crippen LogP contribution in [0.4, 0.5) is 11.4 Å². The number of hydrogen-bond acceptors (Lipinski definition) is 3. The molecule has 0 fully saturated rings. The third kappa shape index (κ3) is 4.65. The number of anilines is 2. The number of hydrogen-bond donors (Lipinski definition) is 2. The van der Waals surface area contributed by atoms with Gasteiger partial charge in [0.25, 0.3) is 5.91 Å². The molecule has 144 valence electrons. The van der Waals surface area contributed by atoms with Crippen molar-refractivity contribution in [2.24, 2.45) is 0 Å². The Bertz CT molecular complexity index is 947. The Morgan fingerprint density at radius 1 is 0.929 bits per heavy atom. The number of carbonyl (C=O) groups excluding carboxylic acids is 2. The molecular formula is C22H24N4O2. The topological polar surface area (TPSA) is 76.0 Å². The summed E-state index contributed by atoms with van der Waals surface area (Å²) >= 11 is 0. The number of carbonyl (C=O) groups is 2. The number of nitrogens with zero attached hydrogens (tertiary/aromatic N) is 2. The molecule has 0 radical (unpaired) electrons. The van der Waals surface area contributed by atoms with Crippen LogP contribution >= 0.6 is 0 Å². The largest absolute Gasteiger partial charge is 0.324 e. The van der Waals surface area contributed by atoms with Crippen molar-refractivity contribution in [1.29, 1.82) is 0 Å². The van der Waals surface area contributed by atoms with Crippen LogP contribution in [0, 0.1) is 0 Å². The monoisotopic (exact) mass is 376 g/mol. The highest BCUT2D eigenvalue weighted by Gasteiger charge is 2.15. The third-order valence-corrected chi connectivity index (χ3v) is 4.53. The zero-order valence-corrected chi connectivity index (χ0v) is 16.2. The maximum absolute atomic E-state index is 12.5. The highest BCUT2D eigenvalue weighted by molar-refractivity contribution is 6.04. The second kappa shape index (κ2) is 8.52. The average molecular weight is 376 g/mol. The van der Waals surface area contributed by atoms with Gasteiger partial charge in [0.15, 0.2) is 0 Å². The van der Waals surface area contributed by atoms with Gasteiger partial charge in [0, 0.05) is 29.3 Å². The van der Waals surface area contributed by atoms with E-state index < -0.39 is 6.04 Å². The summed E-state index contributed by atoms with van der Waals surface area (Å²) in [5.74, 6) is 0.0432. The first kappa shape index (κ1) is 19.4. The summed E-state index contributed by atoms with van der Waals surface area (Å²) < 4.78 is 1.59. The van der Waals surface area contributed by atoms with Crippen LogP contribution in [0.25, 0.3) is 0 Å². The van der Waals surface area contributed by atoms with Gasteiger partial charge in [-0.15, -0.1) is 0 Å². The van der Waals surface area contributed by atoms with Crippen LogP contribution < -0.4 is 10.6 Å². The van der Waals surface area contributed by atoms with Gasteiger partial charge in [-0.25, -0.2) is 0 Å². The summed E-state index contributed by atoms with van der Waals surface area (Å²) in [6.45, 7) is 6.00. The zero-order chi connectivity index (χ0) is 20.1. The van der Waals surface area contributed by atoms with E-state index in [1.54, 1.807) is 54.3 Å². The van der Waals surface area contributed by atoms with Crippen LogP contribution in [0.5, 0.6) is 0 Å². The Kier molecular flexibility index (Phi) is 5.89. The molecule has 1 heterocycles. The van der Waals surface area contributed by atoms with E-state index in [1.807, 2.05) is 24.3 Å². The Morgan fingerprint density at radius 3 is 2.21 bits per heavy atom. The van der Waals surface area contributed by atoms with Gasteiger partial charge in [-0.1, -0.05) is 32.0 Å². The van der Waals surface area contributed by atoms with Crippen molar-refractivity contribution >= 4 is 23.2 Å². The van der Waals surface area contributed by atoms with Crippen molar-refractivity contribution in [3.8, 4) is 0 Å². The first-order valence-corrected chi connectivity index (χ1v) is 9.25. The van der Waals surface area contributed by atoms with Crippen LogP contribution in [-0.2, 0) is 4.79 Å². The van der Waals surface area contributed by atoms with Crippen molar-refractivity contribution in [2.75, 3.05) is 10.6 Å². The fraction of sp³-hybridized carbons (Fsp3) is 0.227. The predicted molar refractivity (Wildman–Crippen MR) is 110 cm³/mol. The molecule has 1 unspecified atom stereocenters. The van der Waals surface area contributed by atoms with Gasteiger partial charge in [0.1, 0.15) is 6.04 Å². The fourth-order valence-electron chi connectivity index (χ4n) is 2.77. The predicted octanol–water partition coefficient (Wildman–Crippen LogP) is 4.46. The molecule has 3 aromatic rings. The molecule has 6 heteroatoms. The quantitative estimate of drug-likeness (QED) is 0.667. The molecular weight excluding hydrogens is 352 g/mol. The molecule has 2 N–H and O–H groups in total. The van der Waals surface area contributed by atoms with Gasteiger partial charge in [-0.3, -0.25) is 14.3 Å². The second-order valence-electron chi connectivity index (χ2n) is 6.96. The minimum atomic E-state index is -0.437. The molecule has 0 bridgehead atoms. The Hall–Kier alpha value is -3.41. The van der Waals surface area contributed by atoms with E-state index in [2.05, 4.69) is 29.6 Å². The van der Waals surface area contributed by atoms with Crippen molar-refractivity contribution in [3.05, 3.63) is 78.1 Å². The van der Waals surface area contributed by atoms with Crippen molar-refractivity contribution in [3.63, 3.8) is 0 Å². The normalized spacial score (nSPS) is 11.9. The number of rotatable bonds is 6. The summed E-state index contributed by atoms with van der Waals surface area (Å²) in [5.41, 5.74) is 3.00. The third-order valence-electron chi connectivity index (χ3n) is 4.53. The Balaban J connectivity index is 1.65. The molecule has 6 nitrogen and oxygen atoms in total. The maximum atomic E-state index is 12.5. The number of amides is 2. The van der Waals surface area contributed by atoms with E-state index in [0.717, 1.165) is 0 Å². The van der Waals surface area contributed by atoms with Crippen LogP contribution in [0.1, 0.15) is 48.7 Å². The van der Waals surface area contributed by atoms with Gasteiger partial charge >= 0.3 is 0 Å². The van der Waals surface area contributed by atoms with Crippen LogP contribution in [-0.4, -0.2) is 21.6 Å². The minimum Gasteiger partial charge on any atom is -0.324 e. The van der Waals surface area contributed by atoms with E-state index in [1.165, 1.54) is 5.56 Å². The molecule has 0 saturated carbocycles. The molecule has 28 heavy (non-hydrogen) atoms. The first-order valence-electron chi connectivity index (χ1n) is 9.25. The van der Waals surface area contributed by atoms with Crippen molar-refractivity contribution < 1.29 is 9.59 Å². The van der Waals surface area contributed by atoms with E-state index in [9.17, 15) is 9.59 Å². The standard InChI is InChI=1S/C22H24N4O2/c1-15(2)17-8-10-18(11-9-17)22(28)25-20-7-4-6-19(14-20)24-21(27)16(3)26-13-5-12-23-26/h4-16H,1-3H3,(H,24,27)(H,25,28). The fourth-order valence-corrected chi connectivity index (χ4v) is 2.77. The number of benzene rings is 2. The summed E-state index contributed by atoms with van der Waals surface area (Å²) in [6.07, 6.45) is 3.37. The van der Waals surface area contributed by atoms with Gasteiger partial charge in [0.2, 0.25) is 5.91 Å². The molecule has 0 spiro atoms. The first-order chi connectivity index (χ1) is 13.4. The van der Waals surface area contributed by atoms with Crippen molar-refractivity contribution in [2.45, 2.75) is 32.7 Å². The van der Waals surface area contributed by atoms with Crippen LogP contribution in [0.3, 0.4) is 0 Å². The Morgan fingerprint density at radius 2 is 1.61 bits per heavy atom. The van der Waals surface area contributed by atoms with Gasteiger partial charge in [-0.2, -0.15) is 5.10 Å². The van der Waals surface area contributed by atoms with E-state index in [-0.39, 0.29) is 11.8 Å². The summed E-state index contributed by atoms with van der Waals surface area (Å²) in [5, 5.41) is 9.81. The SMILES string of the molecule is CC(C)c1ccc(C(=O)Nc2cccc(NC(=O)C(C)n3cccn3)c2)cc1. The summed E-state index contributed by atoms with van der Waals surface area (Å²) in [6, 6.07) is 16.0. The molecule has 3 rings (SSSR count). The van der Waals surface area contributed by atoms with Gasteiger partial charge in [-0.05, 0) is 54.8 Å². The van der Waals surface area contributed by atoms with E-state index in [0.29, 0.717) is 22.9 Å². The molecule has 0 saturated heterocycles. The maximum Gasteiger partial charge on any atom is 0.255 e. The Labute approximate surface area is 164 Å². The van der Waals surface area contributed by atoms with E-state index >= 15 is 0 Å². The van der Waals surface area contributed by atoms with E-state index in [4.69, 9.17) is 0 Å². The minimum absolute atomic E-state index is 0.184. The summed E-state index contributed by atoms with van der Waals surface area (Å²) in [7, 11) is 0. The lowest BCUT2D eigenvalue weighted by Crippen LogP contribution is -2.24.